The molecule has 0 unspecified atom stereocenters. The average molecular weight is 346 g/mol. The van der Waals surface area contributed by atoms with Crippen LogP contribution in [0.2, 0.25) is 0 Å². The van der Waals surface area contributed by atoms with Crippen molar-refractivity contribution in [3.8, 4) is 0 Å². The molecule has 2 nitrogen and oxygen atoms in total. The molecule has 2 aromatic rings. The van der Waals surface area contributed by atoms with Crippen LogP contribution in [0, 0.1) is 13.8 Å². The van der Waals surface area contributed by atoms with Gasteiger partial charge in [0.05, 0.1) is 6.54 Å². The third-order valence-corrected chi connectivity index (χ3v) is 4.14. The quantitative estimate of drug-likeness (QED) is 0.749. The van der Waals surface area contributed by atoms with Crippen LogP contribution in [-0.2, 0) is 6.54 Å². The van der Waals surface area contributed by atoms with Crippen LogP contribution in [0.25, 0.3) is 0 Å². The van der Waals surface area contributed by atoms with Gasteiger partial charge in [0.15, 0.2) is 5.78 Å². The summed E-state index contributed by atoms with van der Waals surface area (Å²) in [5, 5.41) is 0. The Hall–Kier alpha value is -1.45. The summed E-state index contributed by atoms with van der Waals surface area (Å²) in [4.78, 5) is 14.4. The van der Waals surface area contributed by atoms with E-state index in [0.717, 1.165) is 22.1 Å². The Labute approximate surface area is 134 Å². The van der Waals surface area contributed by atoms with E-state index >= 15 is 0 Å². The van der Waals surface area contributed by atoms with Crippen molar-refractivity contribution in [2.75, 3.05) is 13.6 Å². The van der Waals surface area contributed by atoms with E-state index in [1.807, 2.05) is 49.2 Å². The lowest BCUT2D eigenvalue weighted by Crippen LogP contribution is -2.25. The lowest BCUT2D eigenvalue weighted by atomic mass is 10.0. The number of halogens is 1. The van der Waals surface area contributed by atoms with Crippen LogP contribution >= 0.6 is 15.9 Å². The number of likely N-dealkylation sites (N-methyl/N-ethyl adjacent to an activating group) is 1. The number of ketones is 1. The normalized spacial score (nSPS) is 10.9. The molecule has 0 N–H and O–H groups in total. The molecule has 0 fully saturated rings. The molecule has 0 aromatic heterocycles. The fourth-order valence-corrected chi connectivity index (χ4v) is 2.47. The van der Waals surface area contributed by atoms with Crippen molar-refractivity contribution in [3.63, 3.8) is 0 Å². The lowest BCUT2D eigenvalue weighted by molar-refractivity contribution is 0.0943. The van der Waals surface area contributed by atoms with Crippen molar-refractivity contribution in [3.05, 3.63) is 69.2 Å². The number of aryl methyl sites for hydroxylation is 2. The molecule has 0 saturated heterocycles. The molecular weight excluding hydrogens is 326 g/mol. The lowest BCUT2D eigenvalue weighted by Gasteiger charge is -2.16. The molecule has 0 aliphatic heterocycles. The minimum Gasteiger partial charge on any atom is -0.295 e. The molecule has 0 spiro atoms. The maximum atomic E-state index is 12.3. The Bertz CT molecular complexity index is 634. The van der Waals surface area contributed by atoms with Crippen molar-refractivity contribution in [2.24, 2.45) is 0 Å². The fraction of sp³-hybridized carbons (Fsp3) is 0.278. The number of hydrogen-bond acceptors (Lipinski definition) is 2. The van der Waals surface area contributed by atoms with Crippen LogP contribution in [0.4, 0.5) is 0 Å². The summed E-state index contributed by atoms with van der Waals surface area (Å²) in [6.45, 7) is 5.29. The summed E-state index contributed by atoms with van der Waals surface area (Å²) in [6, 6.07) is 14.1. The Morgan fingerprint density at radius 3 is 2.33 bits per heavy atom. The van der Waals surface area contributed by atoms with Gasteiger partial charge >= 0.3 is 0 Å². The molecule has 0 atom stereocenters. The molecule has 0 amide bonds. The van der Waals surface area contributed by atoms with Crippen LogP contribution in [0.15, 0.2) is 46.9 Å². The predicted molar refractivity (Wildman–Crippen MR) is 90.7 cm³/mol. The third kappa shape index (κ3) is 4.51. The van der Waals surface area contributed by atoms with Gasteiger partial charge in [0, 0.05) is 16.6 Å². The number of carbonyl (C=O) groups is 1. The van der Waals surface area contributed by atoms with Gasteiger partial charge in [-0.2, -0.15) is 0 Å². The van der Waals surface area contributed by atoms with Crippen LogP contribution in [0.3, 0.4) is 0 Å². The summed E-state index contributed by atoms with van der Waals surface area (Å²) in [5.74, 6) is 0.165. The van der Waals surface area contributed by atoms with Gasteiger partial charge in [0.2, 0.25) is 0 Å². The van der Waals surface area contributed by atoms with Gasteiger partial charge in [0.25, 0.3) is 0 Å². The zero-order chi connectivity index (χ0) is 15.4. The van der Waals surface area contributed by atoms with Crippen molar-refractivity contribution >= 4 is 21.7 Å². The highest BCUT2D eigenvalue weighted by molar-refractivity contribution is 9.10. The number of rotatable bonds is 5. The SMILES string of the molecule is Cc1ccc(C(=O)CN(C)Cc2ccc(Br)cc2)cc1C. The monoisotopic (exact) mass is 345 g/mol. The molecule has 0 heterocycles. The molecule has 21 heavy (non-hydrogen) atoms. The zero-order valence-corrected chi connectivity index (χ0v) is 14.3. The van der Waals surface area contributed by atoms with E-state index in [-0.39, 0.29) is 5.78 Å². The van der Waals surface area contributed by atoms with Crippen LogP contribution in [0.5, 0.6) is 0 Å². The highest BCUT2D eigenvalue weighted by Gasteiger charge is 2.10. The minimum atomic E-state index is 0.165. The first kappa shape index (κ1) is 15.9. The first-order valence-electron chi connectivity index (χ1n) is 6.99. The topological polar surface area (TPSA) is 20.3 Å². The van der Waals surface area contributed by atoms with Crippen LogP contribution < -0.4 is 0 Å². The highest BCUT2D eigenvalue weighted by Crippen LogP contribution is 2.13. The molecule has 0 bridgehead atoms. The number of hydrogen-bond donors (Lipinski definition) is 0. The largest absolute Gasteiger partial charge is 0.295 e. The van der Waals surface area contributed by atoms with Gasteiger partial charge in [-0.25, -0.2) is 0 Å². The van der Waals surface area contributed by atoms with E-state index in [0.29, 0.717) is 6.54 Å². The van der Waals surface area contributed by atoms with Crippen molar-refractivity contribution in [1.29, 1.82) is 0 Å². The standard InChI is InChI=1S/C18H20BrNO/c1-13-4-7-16(10-14(13)2)18(21)12-20(3)11-15-5-8-17(19)9-6-15/h4-10H,11-12H2,1-3H3. The number of carbonyl (C=O) groups excluding carboxylic acids is 1. The van der Waals surface area contributed by atoms with Crippen molar-refractivity contribution in [1.82, 2.24) is 4.90 Å². The summed E-state index contributed by atoms with van der Waals surface area (Å²) in [6.07, 6.45) is 0. The Balaban J connectivity index is 1.98. The number of Topliss-reactive ketones (excluding diaryl/α,β-unsaturated/α-hetero) is 1. The van der Waals surface area contributed by atoms with E-state index in [4.69, 9.17) is 0 Å². The van der Waals surface area contributed by atoms with Gasteiger partial charge in [-0.15, -0.1) is 0 Å². The van der Waals surface area contributed by atoms with Crippen LogP contribution in [0.1, 0.15) is 27.0 Å². The molecule has 0 radical (unpaired) electrons. The smallest absolute Gasteiger partial charge is 0.176 e. The molecule has 0 aliphatic carbocycles. The number of nitrogens with zero attached hydrogens (tertiary/aromatic N) is 1. The summed E-state index contributed by atoms with van der Waals surface area (Å²) < 4.78 is 1.07. The third-order valence-electron chi connectivity index (χ3n) is 3.61. The summed E-state index contributed by atoms with van der Waals surface area (Å²) in [5.41, 5.74) is 4.38. The maximum absolute atomic E-state index is 12.3. The predicted octanol–water partition coefficient (Wildman–Crippen LogP) is 4.38. The van der Waals surface area contributed by atoms with E-state index in [1.165, 1.54) is 11.1 Å². The first-order valence-corrected chi connectivity index (χ1v) is 7.78. The van der Waals surface area contributed by atoms with Crippen LogP contribution in [-0.4, -0.2) is 24.3 Å². The fourth-order valence-electron chi connectivity index (χ4n) is 2.21. The first-order chi connectivity index (χ1) is 9.95. The molecule has 2 aromatic carbocycles. The maximum Gasteiger partial charge on any atom is 0.176 e. The molecule has 0 saturated carbocycles. The Morgan fingerprint density at radius 2 is 1.71 bits per heavy atom. The minimum absolute atomic E-state index is 0.165. The van der Waals surface area contributed by atoms with Gasteiger partial charge < -0.3 is 0 Å². The van der Waals surface area contributed by atoms with E-state index in [2.05, 4.69) is 35.0 Å². The second kappa shape index (κ2) is 7.01. The Morgan fingerprint density at radius 1 is 1.05 bits per heavy atom. The van der Waals surface area contributed by atoms with Gasteiger partial charge in [-0.3, -0.25) is 9.69 Å². The molecule has 0 aliphatic rings. The zero-order valence-electron chi connectivity index (χ0n) is 12.7. The second-order valence-electron chi connectivity index (χ2n) is 5.52. The molecule has 2 rings (SSSR count). The Kier molecular flexibility index (Phi) is 5.32. The summed E-state index contributed by atoms with van der Waals surface area (Å²) >= 11 is 3.43. The molecule has 110 valence electrons. The van der Waals surface area contributed by atoms with Gasteiger partial charge in [-0.05, 0) is 55.8 Å². The van der Waals surface area contributed by atoms with Gasteiger partial charge in [0.1, 0.15) is 0 Å². The molecular formula is C18H20BrNO. The van der Waals surface area contributed by atoms with E-state index < -0.39 is 0 Å². The highest BCUT2D eigenvalue weighted by atomic mass is 79.9. The molecule has 3 heteroatoms. The van der Waals surface area contributed by atoms with E-state index in [9.17, 15) is 4.79 Å². The van der Waals surface area contributed by atoms with Gasteiger partial charge in [-0.1, -0.05) is 40.2 Å². The second-order valence-corrected chi connectivity index (χ2v) is 6.44. The average Bonchev–Trinajstić information content (AvgIpc) is 2.44. The summed E-state index contributed by atoms with van der Waals surface area (Å²) in [7, 11) is 1.97. The number of benzene rings is 2. The van der Waals surface area contributed by atoms with Crippen molar-refractivity contribution < 1.29 is 4.79 Å². The van der Waals surface area contributed by atoms with E-state index in [1.54, 1.807) is 0 Å². The van der Waals surface area contributed by atoms with Crippen molar-refractivity contribution in [2.45, 2.75) is 20.4 Å².